The molecule has 0 fully saturated rings. The van der Waals surface area contributed by atoms with Gasteiger partial charge in [-0.1, -0.05) is 0 Å². The highest BCUT2D eigenvalue weighted by Gasteiger charge is 2.22. The second kappa shape index (κ2) is 7.06. The summed E-state index contributed by atoms with van der Waals surface area (Å²) in [6, 6.07) is 6.40. The molecule has 6 nitrogen and oxygen atoms in total. The van der Waals surface area contributed by atoms with Crippen molar-refractivity contribution in [2.24, 2.45) is 0 Å². The molecule has 8 heteroatoms. The standard InChI is InChI=1S/C19H15F2NO5/c1-9-11-6-10(25-2)4-5-16(11)27-17(9)18(23)22-15-7-12(19(24)26-3)13(20)8-14(15)21/h4-8H,1-3H3,(H,22,23). The third-order valence-corrected chi connectivity index (χ3v) is 4.06. The van der Waals surface area contributed by atoms with Crippen LogP contribution in [-0.4, -0.2) is 26.1 Å². The lowest BCUT2D eigenvalue weighted by atomic mass is 10.1. The number of esters is 1. The monoisotopic (exact) mass is 375 g/mol. The Bertz CT molecular complexity index is 1060. The Labute approximate surface area is 152 Å². The van der Waals surface area contributed by atoms with Crippen LogP contribution >= 0.6 is 0 Å². The van der Waals surface area contributed by atoms with Crippen molar-refractivity contribution in [1.82, 2.24) is 0 Å². The zero-order valence-corrected chi connectivity index (χ0v) is 14.7. The number of ether oxygens (including phenoxy) is 2. The molecule has 3 rings (SSSR count). The van der Waals surface area contributed by atoms with Crippen LogP contribution in [0.3, 0.4) is 0 Å². The molecule has 0 saturated heterocycles. The summed E-state index contributed by atoms with van der Waals surface area (Å²) in [5, 5.41) is 2.95. The lowest BCUT2D eigenvalue weighted by molar-refractivity contribution is 0.0595. The minimum absolute atomic E-state index is 0.0402. The summed E-state index contributed by atoms with van der Waals surface area (Å²) in [5.41, 5.74) is 0.102. The van der Waals surface area contributed by atoms with Gasteiger partial charge in [0.15, 0.2) is 5.76 Å². The van der Waals surface area contributed by atoms with E-state index >= 15 is 0 Å². The van der Waals surface area contributed by atoms with E-state index in [1.807, 2.05) is 0 Å². The average Bonchev–Trinajstić information content (AvgIpc) is 2.99. The predicted octanol–water partition coefficient (Wildman–Crippen LogP) is 4.07. The van der Waals surface area contributed by atoms with Crippen molar-refractivity contribution in [3.05, 3.63) is 58.9 Å². The van der Waals surface area contributed by atoms with Crippen LogP contribution in [0.15, 0.2) is 34.7 Å². The fraction of sp³-hybridized carbons (Fsp3) is 0.158. The van der Waals surface area contributed by atoms with Crippen molar-refractivity contribution < 1.29 is 32.3 Å². The summed E-state index contributed by atoms with van der Waals surface area (Å²) in [5.74, 6) is -3.32. The molecule has 0 radical (unpaired) electrons. The molecule has 140 valence electrons. The topological polar surface area (TPSA) is 77.8 Å². The Hall–Kier alpha value is -3.42. The fourth-order valence-corrected chi connectivity index (χ4v) is 2.63. The minimum Gasteiger partial charge on any atom is -0.497 e. The van der Waals surface area contributed by atoms with Gasteiger partial charge in [-0.05, 0) is 31.2 Å². The van der Waals surface area contributed by atoms with Gasteiger partial charge in [-0.2, -0.15) is 0 Å². The summed E-state index contributed by atoms with van der Waals surface area (Å²) < 4.78 is 42.9. The number of halogens is 2. The summed E-state index contributed by atoms with van der Waals surface area (Å²) in [4.78, 5) is 24.1. The van der Waals surface area contributed by atoms with Crippen molar-refractivity contribution >= 4 is 28.5 Å². The highest BCUT2D eigenvalue weighted by molar-refractivity contribution is 6.07. The van der Waals surface area contributed by atoms with Crippen LogP contribution in [0, 0.1) is 18.6 Å². The van der Waals surface area contributed by atoms with Crippen molar-refractivity contribution in [2.45, 2.75) is 6.92 Å². The van der Waals surface area contributed by atoms with Gasteiger partial charge in [-0.15, -0.1) is 0 Å². The summed E-state index contributed by atoms with van der Waals surface area (Å²) >= 11 is 0. The van der Waals surface area contributed by atoms with Crippen molar-refractivity contribution in [3.63, 3.8) is 0 Å². The molecule has 0 saturated carbocycles. The number of rotatable bonds is 4. The van der Waals surface area contributed by atoms with Gasteiger partial charge in [0.25, 0.3) is 5.91 Å². The first-order valence-electron chi connectivity index (χ1n) is 7.81. The lowest BCUT2D eigenvalue weighted by Crippen LogP contribution is -2.15. The van der Waals surface area contributed by atoms with Crippen LogP contribution in [0.4, 0.5) is 14.5 Å². The molecule has 0 aliphatic rings. The van der Waals surface area contributed by atoms with Crippen LogP contribution in [0.2, 0.25) is 0 Å². The molecule has 0 aliphatic heterocycles. The van der Waals surface area contributed by atoms with Gasteiger partial charge in [-0.25, -0.2) is 13.6 Å². The number of furan rings is 1. The molecule has 0 spiro atoms. The van der Waals surface area contributed by atoms with Crippen LogP contribution in [0.5, 0.6) is 5.75 Å². The molecule has 0 bridgehead atoms. The van der Waals surface area contributed by atoms with Crippen LogP contribution < -0.4 is 10.1 Å². The van der Waals surface area contributed by atoms with E-state index in [9.17, 15) is 18.4 Å². The second-order valence-electron chi connectivity index (χ2n) is 5.68. The second-order valence-corrected chi connectivity index (χ2v) is 5.68. The first-order valence-corrected chi connectivity index (χ1v) is 7.81. The van der Waals surface area contributed by atoms with E-state index in [4.69, 9.17) is 9.15 Å². The van der Waals surface area contributed by atoms with Gasteiger partial charge in [0.05, 0.1) is 25.5 Å². The fourth-order valence-electron chi connectivity index (χ4n) is 2.63. The van der Waals surface area contributed by atoms with Gasteiger partial charge >= 0.3 is 5.97 Å². The number of anilines is 1. The van der Waals surface area contributed by atoms with Gasteiger partial charge in [-0.3, -0.25) is 4.79 Å². The maximum atomic E-state index is 14.0. The maximum absolute atomic E-state index is 14.0. The van der Waals surface area contributed by atoms with Crippen LogP contribution in [0.25, 0.3) is 11.0 Å². The molecule has 2 aromatic carbocycles. The number of hydrogen-bond donors (Lipinski definition) is 1. The van der Waals surface area contributed by atoms with E-state index in [0.717, 1.165) is 13.2 Å². The highest BCUT2D eigenvalue weighted by Crippen LogP contribution is 2.30. The summed E-state index contributed by atoms with van der Waals surface area (Å²) in [6.07, 6.45) is 0. The smallest absolute Gasteiger partial charge is 0.340 e. The average molecular weight is 375 g/mol. The third kappa shape index (κ3) is 3.33. The van der Waals surface area contributed by atoms with E-state index in [2.05, 4.69) is 10.1 Å². The predicted molar refractivity (Wildman–Crippen MR) is 93.2 cm³/mol. The molecular formula is C19H15F2NO5. The quantitative estimate of drug-likeness (QED) is 0.696. The minimum atomic E-state index is -1.09. The van der Waals surface area contributed by atoms with Gasteiger partial charge in [0, 0.05) is 17.0 Å². The Balaban J connectivity index is 1.97. The number of benzene rings is 2. The summed E-state index contributed by atoms with van der Waals surface area (Å²) in [6.45, 7) is 1.67. The molecule has 1 aromatic heterocycles. The van der Waals surface area contributed by atoms with Gasteiger partial charge < -0.3 is 19.2 Å². The number of carbonyl (C=O) groups excluding carboxylic acids is 2. The number of hydrogen-bond acceptors (Lipinski definition) is 5. The Morgan fingerprint density at radius 1 is 1.07 bits per heavy atom. The largest absolute Gasteiger partial charge is 0.497 e. The molecule has 1 heterocycles. The number of aryl methyl sites for hydroxylation is 1. The molecule has 27 heavy (non-hydrogen) atoms. The van der Waals surface area contributed by atoms with Gasteiger partial charge in [0.1, 0.15) is 23.0 Å². The number of carbonyl (C=O) groups is 2. The Morgan fingerprint density at radius 2 is 1.81 bits per heavy atom. The van der Waals surface area contributed by atoms with E-state index in [-0.39, 0.29) is 11.4 Å². The molecule has 0 atom stereocenters. The van der Waals surface area contributed by atoms with Crippen LogP contribution in [-0.2, 0) is 4.74 Å². The molecular weight excluding hydrogens is 360 g/mol. The number of nitrogens with one attached hydrogen (secondary N) is 1. The van der Waals surface area contributed by atoms with Crippen LogP contribution in [0.1, 0.15) is 26.5 Å². The zero-order valence-electron chi connectivity index (χ0n) is 14.7. The molecule has 0 aliphatic carbocycles. The highest BCUT2D eigenvalue weighted by atomic mass is 19.1. The Morgan fingerprint density at radius 3 is 2.48 bits per heavy atom. The van der Waals surface area contributed by atoms with E-state index in [1.54, 1.807) is 25.1 Å². The SMILES string of the molecule is COC(=O)c1cc(NC(=O)c2oc3ccc(OC)cc3c2C)c(F)cc1F. The molecule has 3 aromatic rings. The first-order chi connectivity index (χ1) is 12.8. The normalized spacial score (nSPS) is 10.7. The van der Waals surface area contributed by atoms with E-state index in [0.29, 0.717) is 28.3 Å². The van der Waals surface area contributed by atoms with Crippen molar-refractivity contribution in [3.8, 4) is 5.75 Å². The summed E-state index contributed by atoms with van der Waals surface area (Å²) in [7, 11) is 2.58. The van der Waals surface area contributed by atoms with E-state index < -0.39 is 29.1 Å². The third-order valence-electron chi connectivity index (χ3n) is 4.06. The molecule has 0 unspecified atom stereocenters. The van der Waals surface area contributed by atoms with Crippen molar-refractivity contribution in [1.29, 1.82) is 0 Å². The molecule has 1 N–H and O–H groups in total. The Kier molecular flexibility index (Phi) is 4.81. The lowest BCUT2D eigenvalue weighted by Gasteiger charge is -2.08. The van der Waals surface area contributed by atoms with Gasteiger partial charge in [0.2, 0.25) is 0 Å². The molecule has 1 amide bonds. The van der Waals surface area contributed by atoms with E-state index in [1.165, 1.54) is 7.11 Å². The number of methoxy groups -OCH3 is 2. The number of amides is 1. The first kappa shape index (κ1) is 18.4. The maximum Gasteiger partial charge on any atom is 0.340 e. The number of fused-ring (bicyclic) bond motifs is 1. The zero-order chi connectivity index (χ0) is 19.7. The van der Waals surface area contributed by atoms with Crippen molar-refractivity contribution in [2.75, 3.05) is 19.5 Å².